The third kappa shape index (κ3) is 7.07. The van der Waals surface area contributed by atoms with Crippen LogP contribution in [-0.2, 0) is 19.2 Å². The third-order valence-corrected chi connectivity index (χ3v) is 1.77. The first kappa shape index (κ1) is 14.1. The van der Waals surface area contributed by atoms with E-state index in [0.29, 0.717) is 0 Å². The number of esters is 1. The van der Waals surface area contributed by atoms with Gasteiger partial charge in [0.1, 0.15) is 12.5 Å². The largest absolute Gasteiger partial charge is 0.466 e. The molecule has 0 aliphatic carbocycles. The monoisotopic (exact) mass is 279 g/mol. The van der Waals surface area contributed by atoms with E-state index in [1.54, 1.807) is 20.8 Å². The van der Waals surface area contributed by atoms with E-state index in [1.165, 1.54) is 0 Å². The fourth-order valence-corrected chi connectivity index (χ4v) is 0.842. The number of oxime groups is 1. The van der Waals surface area contributed by atoms with E-state index < -0.39 is 11.8 Å². The molecule has 0 N–H and O–H groups in total. The molecule has 15 heavy (non-hydrogen) atoms. The van der Waals surface area contributed by atoms with E-state index in [2.05, 4.69) is 25.8 Å². The van der Waals surface area contributed by atoms with Gasteiger partial charge in [-0.25, -0.2) is 0 Å². The standard InChI is InChI=1S/C9H14BrNO4/c1-4-14-8(13)5-7(12)9(10)11-15-6(2)3/h6H,4-5H2,1-3H3. The van der Waals surface area contributed by atoms with Crippen LogP contribution in [-0.4, -0.2) is 29.1 Å². The van der Waals surface area contributed by atoms with Gasteiger partial charge in [0, 0.05) is 0 Å². The highest BCUT2D eigenvalue weighted by atomic mass is 79.9. The molecule has 0 atom stereocenters. The Labute approximate surface area is 96.9 Å². The van der Waals surface area contributed by atoms with Crippen molar-refractivity contribution in [3.05, 3.63) is 0 Å². The van der Waals surface area contributed by atoms with Gasteiger partial charge >= 0.3 is 5.97 Å². The van der Waals surface area contributed by atoms with Gasteiger partial charge in [-0.05, 0) is 36.7 Å². The average molecular weight is 280 g/mol. The summed E-state index contributed by atoms with van der Waals surface area (Å²) in [4.78, 5) is 27.1. The minimum absolute atomic E-state index is 0.00995. The van der Waals surface area contributed by atoms with Crippen LogP contribution in [0.25, 0.3) is 0 Å². The average Bonchev–Trinajstić information content (AvgIpc) is 2.14. The zero-order chi connectivity index (χ0) is 11.8. The van der Waals surface area contributed by atoms with E-state index in [0.717, 1.165) is 0 Å². The Kier molecular flexibility index (Phi) is 6.94. The minimum Gasteiger partial charge on any atom is -0.466 e. The van der Waals surface area contributed by atoms with Crippen molar-refractivity contribution in [3.63, 3.8) is 0 Å². The first-order valence-electron chi connectivity index (χ1n) is 4.55. The number of ether oxygens (including phenoxy) is 1. The molecule has 0 radical (unpaired) electrons. The number of Topliss-reactive ketones (excluding diaryl/α,β-unsaturated/α-hetero) is 1. The van der Waals surface area contributed by atoms with Crippen molar-refractivity contribution >= 4 is 32.3 Å². The maximum atomic E-state index is 11.3. The lowest BCUT2D eigenvalue weighted by molar-refractivity contribution is -0.144. The van der Waals surface area contributed by atoms with E-state index in [9.17, 15) is 9.59 Å². The molecule has 86 valence electrons. The maximum absolute atomic E-state index is 11.3. The first-order valence-corrected chi connectivity index (χ1v) is 5.34. The fourth-order valence-electron chi connectivity index (χ4n) is 0.619. The predicted molar refractivity (Wildman–Crippen MR) is 58.8 cm³/mol. The van der Waals surface area contributed by atoms with E-state index in [4.69, 9.17) is 4.84 Å². The second-order valence-electron chi connectivity index (χ2n) is 2.94. The molecule has 0 aromatic rings. The predicted octanol–water partition coefficient (Wildman–Crippen LogP) is 1.64. The number of carbonyl (C=O) groups is 2. The van der Waals surface area contributed by atoms with Crippen molar-refractivity contribution < 1.29 is 19.2 Å². The van der Waals surface area contributed by atoms with Crippen LogP contribution in [0.4, 0.5) is 0 Å². The second kappa shape index (κ2) is 7.39. The van der Waals surface area contributed by atoms with Gasteiger partial charge in [-0.3, -0.25) is 9.59 Å². The number of ketones is 1. The number of hydrogen-bond acceptors (Lipinski definition) is 5. The van der Waals surface area contributed by atoms with Gasteiger partial charge < -0.3 is 9.57 Å². The lowest BCUT2D eigenvalue weighted by Gasteiger charge is -2.03. The van der Waals surface area contributed by atoms with Crippen LogP contribution in [0.3, 0.4) is 0 Å². The summed E-state index contributed by atoms with van der Waals surface area (Å²) in [7, 11) is 0. The van der Waals surface area contributed by atoms with Crippen LogP contribution >= 0.6 is 15.9 Å². The zero-order valence-corrected chi connectivity index (χ0v) is 10.5. The van der Waals surface area contributed by atoms with Gasteiger partial charge in [0.2, 0.25) is 5.78 Å². The summed E-state index contributed by atoms with van der Waals surface area (Å²) in [6.45, 7) is 5.48. The number of nitrogens with zero attached hydrogens (tertiary/aromatic N) is 1. The molecule has 0 aliphatic rings. The Morgan fingerprint density at radius 3 is 2.47 bits per heavy atom. The summed E-state index contributed by atoms with van der Waals surface area (Å²) in [6, 6.07) is 0. The summed E-state index contributed by atoms with van der Waals surface area (Å²) < 4.78 is 4.60. The Balaban J connectivity index is 4.09. The molecule has 5 nitrogen and oxygen atoms in total. The quantitative estimate of drug-likeness (QED) is 0.321. The topological polar surface area (TPSA) is 65.0 Å². The molecular weight excluding hydrogens is 266 g/mol. The van der Waals surface area contributed by atoms with Gasteiger partial charge in [-0.15, -0.1) is 0 Å². The fraction of sp³-hybridized carbons (Fsp3) is 0.667. The Hall–Kier alpha value is -0.910. The molecule has 0 spiro atoms. The van der Waals surface area contributed by atoms with E-state index >= 15 is 0 Å². The SMILES string of the molecule is CCOC(=O)CC(=O)C(Br)=NOC(C)C. The molecule has 0 amide bonds. The highest BCUT2D eigenvalue weighted by molar-refractivity contribution is 9.19. The van der Waals surface area contributed by atoms with Crippen molar-refractivity contribution in [1.29, 1.82) is 0 Å². The third-order valence-electron chi connectivity index (χ3n) is 1.18. The number of carbonyl (C=O) groups excluding carboxylic acids is 2. The molecule has 0 fully saturated rings. The van der Waals surface area contributed by atoms with Crippen LogP contribution in [0.2, 0.25) is 0 Å². The number of rotatable bonds is 6. The molecule has 6 heteroatoms. The number of hydrogen-bond donors (Lipinski definition) is 0. The summed E-state index contributed by atoms with van der Waals surface area (Å²) in [5, 5.41) is 3.51. The van der Waals surface area contributed by atoms with Crippen molar-refractivity contribution in [1.82, 2.24) is 0 Å². The molecule has 0 bridgehead atoms. The smallest absolute Gasteiger partial charge is 0.313 e. The Morgan fingerprint density at radius 1 is 1.40 bits per heavy atom. The van der Waals surface area contributed by atoms with Gasteiger partial charge in [0.15, 0.2) is 4.62 Å². The first-order chi connectivity index (χ1) is 6.97. The number of halogens is 1. The minimum atomic E-state index is -0.570. The Bertz CT molecular complexity index is 263. The maximum Gasteiger partial charge on any atom is 0.313 e. The highest BCUT2D eigenvalue weighted by Gasteiger charge is 2.15. The van der Waals surface area contributed by atoms with Crippen LogP contribution in [0.1, 0.15) is 27.2 Å². The van der Waals surface area contributed by atoms with Gasteiger partial charge in [0.05, 0.1) is 6.61 Å². The summed E-state index contributed by atoms with van der Waals surface area (Å²) >= 11 is 2.92. The molecule has 0 unspecified atom stereocenters. The van der Waals surface area contributed by atoms with Crippen LogP contribution in [0.15, 0.2) is 5.16 Å². The second-order valence-corrected chi connectivity index (χ2v) is 3.69. The highest BCUT2D eigenvalue weighted by Crippen LogP contribution is 2.00. The summed E-state index contributed by atoms with van der Waals surface area (Å²) in [5.74, 6) is -1.03. The van der Waals surface area contributed by atoms with Gasteiger partial charge in [0.25, 0.3) is 0 Å². The van der Waals surface area contributed by atoms with Crippen LogP contribution in [0, 0.1) is 0 Å². The Morgan fingerprint density at radius 2 is 2.00 bits per heavy atom. The summed E-state index contributed by atoms with van der Waals surface area (Å²) in [5.41, 5.74) is 0. The van der Waals surface area contributed by atoms with Gasteiger partial charge in [-0.2, -0.15) is 0 Å². The van der Waals surface area contributed by atoms with E-state index in [1.807, 2.05) is 0 Å². The van der Waals surface area contributed by atoms with Gasteiger partial charge in [-0.1, -0.05) is 5.16 Å². The van der Waals surface area contributed by atoms with Crippen molar-refractivity contribution in [2.24, 2.45) is 5.16 Å². The molecule has 0 heterocycles. The molecule has 0 saturated carbocycles. The van der Waals surface area contributed by atoms with Crippen LogP contribution < -0.4 is 0 Å². The lowest BCUT2D eigenvalue weighted by atomic mass is 10.3. The zero-order valence-electron chi connectivity index (χ0n) is 8.95. The van der Waals surface area contributed by atoms with E-state index in [-0.39, 0.29) is 23.8 Å². The lowest BCUT2D eigenvalue weighted by Crippen LogP contribution is -2.16. The molecule has 0 aromatic heterocycles. The molecule has 0 aromatic carbocycles. The van der Waals surface area contributed by atoms with Crippen molar-refractivity contribution in [2.75, 3.05) is 6.61 Å². The normalized spacial score (nSPS) is 11.4. The molecule has 0 rings (SSSR count). The van der Waals surface area contributed by atoms with Crippen molar-refractivity contribution in [2.45, 2.75) is 33.3 Å². The summed E-state index contributed by atoms with van der Waals surface area (Å²) in [6.07, 6.45) is -0.452. The molecule has 0 aliphatic heterocycles. The molecule has 0 saturated heterocycles. The van der Waals surface area contributed by atoms with Crippen LogP contribution in [0.5, 0.6) is 0 Å². The van der Waals surface area contributed by atoms with Crippen molar-refractivity contribution in [3.8, 4) is 0 Å². The molecular formula is C9H14BrNO4.